The van der Waals surface area contributed by atoms with Gasteiger partial charge in [-0.25, -0.2) is 0 Å². The molecule has 2 N–H and O–H groups in total. The van der Waals surface area contributed by atoms with Crippen LogP contribution in [-0.4, -0.2) is 0 Å². The van der Waals surface area contributed by atoms with Gasteiger partial charge in [0.1, 0.15) is 11.9 Å². The van der Waals surface area contributed by atoms with Gasteiger partial charge in [0, 0.05) is 6.07 Å². The van der Waals surface area contributed by atoms with Crippen LogP contribution in [0.2, 0.25) is 5.02 Å². The van der Waals surface area contributed by atoms with Crippen LogP contribution in [0, 0.1) is 0 Å². The van der Waals surface area contributed by atoms with Crippen molar-refractivity contribution in [2.75, 3.05) is 5.73 Å². The Hall–Kier alpha value is -1.67. The van der Waals surface area contributed by atoms with Gasteiger partial charge in [-0.05, 0) is 24.6 Å². The fraction of sp³-hybridized carbons (Fsp3) is 0.143. The van der Waals surface area contributed by atoms with E-state index >= 15 is 0 Å². The molecular formula is C14H14ClNO. The Morgan fingerprint density at radius 1 is 1.12 bits per heavy atom. The maximum atomic E-state index is 5.85. The summed E-state index contributed by atoms with van der Waals surface area (Å²) in [4.78, 5) is 0. The van der Waals surface area contributed by atoms with Crippen LogP contribution in [0.15, 0.2) is 48.5 Å². The second-order valence-electron chi connectivity index (χ2n) is 3.85. The van der Waals surface area contributed by atoms with Crippen LogP contribution in [0.1, 0.15) is 18.6 Å². The molecule has 2 aromatic rings. The Morgan fingerprint density at radius 3 is 2.47 bits per heavy atom. The van der Waals surface area contributed by atoms with Crippen molar-refractivity contribution < 1.29 is 4.74 Å². The highest BCUT2D eigenvalue weighted by molar-refractivity contribution is 6.33. The topological polar surface area (TPSA) is 35.2 Å². The van der Waals surface area contributed by atoms with Crippen molar-refractivity contribution >= 4 is 17.3 Å². The average molecular weight is 248 g/mol. The van der Waals surface area contributed by atoms with Gasteiger partial charge in [-0.15, -0.1) is 0 Å². The Morgan fingerprint density at radius 2 is 1.82 bits per heavy atom. The number of nitrogens with two attached hydrogens (primary N) is 1. The number of ether oxygens (including phenoxy) is 1. The Bertz CT molecular complexity index is 499. The van der Waals surface area contributed by atoms with E-state index in [1.807, 2.05) is 43.3 Å². The molecule has 1 atom stereocenters. The van der Waals surface area contributed by atoms with Gasteiger partial charge in [0.15, 0.2) is 0 Å². The van der Waals surface area contributed by atoms with Crippen LogP contribution in [0.3, 0.4) is 0 Å². The predicted molar refractivity (Wildman–Crippen MR) is 71.3 cm³/mol. The van der Waals surface area contributed by atoms with Gasteiger partial charge >= 0.3 is 0 Å². The molecule has 0 amide bonds. The van der Waals surface area contributed by atoms with E-state index in [0.29, 0.717) is 10.7 Å². The molecule has 17 heavy (non-hydrogen) atoms. The third-order valence-corrected chi connectivity index (χ3v) is 2.89. The Labute approximate surface area is 106 Å². The second kappa shape index (κ2) is 5.11. The summed E-state index contributed by atoms with van der Waals surface area (Å²) in [6.45, 7) is 2.00. The maximum absolute atomic E-state index is 5.85. The van der Waals surface area contributed by atoms with Crippen LogP contribution < -0.4 is 10.5 Å². The van der Waals surface area contributed by atoms with Gasteiger partial charge in [0.25, 0.3) is 0 Å². The molecule has 0 aliphatic heterocycles. The van der Waals surface area contributed by atoms with E-state index in [2.05, 4.69) is 0 Å². The minimum Gasteiger partial charge on any atom is -0.486 e. The summed E-state index contributed by atoms with van der Waals surface area (Å²) in [7, 11) is 0. The summed E-state index contributed by atoms with van der Waals surface area (Å²) < 4.78 is 5.80. The highest BCUT2D eigenvalue weighted by atomic mass is 35.5. The Balaban J connectivity index is 2.13. The molecule has 2 rings (SSSR count). The van der Waals surface area contributed by atoms with E-state index in [1.54, 1.807) is 12.1 Å². The first kappa shape index (κ1) is 11.8. The number of benzene rings is 2. The first-order chi connectivity index (χ1) is 8.16. The van der Waals surface area contributed by atoms with E-state index in [9.17, 15) is 0 Å². The molecule has 0 aromatic heterocycles. The zero-order valence-electron chi connectivity index (χ0n) is 9.56. The minimum atomic E-state index is -0.0169. The molecule has 0 bridgehead atoms. The summed E-state index contributed by atoms with van der Waals surface area (Å²) in [5.74, 6) is 0.725. The third kappa shape index (κ3) is 2.92. The monoisotopic (exact) mass is 247 g/mol. The van der Waals surface area contributed by atoms with Gasteiger partial charge < -0.3 is 10.5 Å². The summed E-state index contributed by atoms with van der Waals surface area (Å²) in [5.41, 5.74) is 7.38. The number of nitrogen functional groups attached to an aromatic ring is 1. The van der Waals surface area contributed by atoms with Crippen molar-refractivity contribution in [3.05, 3.63) is 59.1 Å². The zero-order chi connectivity index (χ0) is 12.3. The van der Waals surface area contributed by atoms with Crippen LogP contribution in [0.4, 0.5) is 5.69 Å². The smallest absolute Gasteiger partial charge is 0.122 e. The molecule has 0 spiro atoms. The number of rotatable bonds is 3. The first-order valence-corrected chi connectivity index (χ1v) is 5.81. The van der Waals surface area contributed by atoms with Crippen molar-refractivity contribution in [3.8, 4) is 5.75 Å². The van der Waals surface area contributed by atoms with E-state index < -0.39 is 0 Å². The number of hydrogen-bond acceptors (Lipinski definition) is 2. The molecule has 0 heterocycles. The fourth-order valence-electron chi connectivity index (χ4n) is 1.59. The zero-order valence-corrected chi connectivity index (χ0v) is 10.3. The normalized spacial score (nSPS) is 12.1. The van der Waals surface area contributed by atoms with E-state index in [1.165, 1.54) is 0 Å². The molecule has 0 aliphatic rings. The van der Waals surface area contributed by atoms with Crippen molar-refractivity contribution in [3.63, 3.8) is 0 Å². The van der Waals surface area contributed by atoms with Gasteiger partial charge in [-0.3, -0.25) is 0 Å². The quantitative estimate of drug-likeness (QED) is 0.830. The number of anilines is 1. The van der Waals surface area contributed by atoms with Crippen LogP contribution in [0.5, 0.6) is 5.75 Å². The third-order valence-electron chi connectivity index (χ3n) is 2.55. The molecule has 88 valence electrons. The predicted octanol–water partition coefficient (Wildman–Crippen LogP) is 4.06. The fourth-order valence-corrected chi connectivity index (χ4v) is 1.71. The molecule has 2 aromatic carbocycles. The van der Waals surface area contributed by atoms with Gasteiger partial charge in [-0.1, -0.05) is 41.9 Å². The number of halogens is 1. The summed E-state index contributed by atoms with van der Waals surface area (Å²) in [6, 6.07) is 15.3. The highest BCUT2D eigenvalue weighted by Crippen LogP contribution is 2.27. The van der Waals surface area contributed by atoms with E-state index in [4.69, 9.17) is 22.1 Å². The average Bonchev–Trinajstić information content (AvgIpc) is 2.35. The molecule has 0 saturated heterocycles. The van der Waals surface area contributed by atoms with Gasteiger partial charge in [-0.2, -0.15) is 0 Å². The van der Waals surface area contributed by atoms with Crippen LogP contribution >= 0.6 is 11.6 Å². The lowest BCUT2D eigenvalue weighted by molar-refractivity contribution is 0.227. The highest BCUT2D eigenvalue weighted by Gasteiger charge is 2.07. The lowest BCUT2D eigenvalue weighted by Gasteiger charge is -2.15. The SMILES string of the molecule is C[C@@H](Oc1ccc(Cl)c(N)c1)c1ccccc1. The van der Waals surface area contributed by atoms with Crippen molar-refractivity contribution in [1.82, 2.24) is 0 Å². The largest absolute Gasteiger partial charge is 0.486 e. The second-order valence-corrected chi connectivity index (χ2v) is 4.26. The lowest BCUT2D eigenvalue weighted by atomic mass is 10.1. The molecule has 0 aliphatic carbocycles. The summed E-state index contributed by atoms with van der Waals surface area (Å²) in [6.07, 6.45) is -0.0169. The lowest BCUT2D eigenvalue weighted by Crippen LogP contribution is -2.03. The molecule has 0 radical (unpaired) electrons. The Kier molecular flexibility index (Phi) is 3.55. The van der Waals surface area contributed by atoms with Gasteiger partial charge in [0.2, 0.25) is 0 Å². The molecule has 3 heteroatoms. The molecule has 0 fully saturated rings. The van der Waals surface area contributed by atoms with Crippen LogP contribution in [0.25, 0.3) is 0 Å². The standard InChI is InChI=1S/C14H14ClNO/c1-10(11-5-3-2-4-6-11)17-12-7-8-13(15)14(16)9-12/h2-10H,16H2,1H3/t10-/m1/s1. The summed E-state index contributed by atoms with van der Waals surface area (Å²) in [5, 5.41) is 0.546. The van der Waals surface area contributed by atoms with Gasteiger partial charge in [0.05, 0.1) is 10.7 Å². The molecule has 2 nitrogen and oxygen atoms in total. The first-order valence-electron chi connectivity index (χ1n) is 5.43. The minimum absolute atomic E-state index is 0.0169. The molecular weight excluding hydrogens is 234 g/mol. The molecule has 0 unspecified atom stereocenters. The summed E-state index contributed by atoms with van der Waals surface area (Å²) >= 11 is 5.85. The molecule has 0 saturated carbocycles. The van der Waals surface area contributed by atoms with Crippen molar-refractivity contribution in [1.29, 1.82) is 0 Å². The van der Waals surface area contributed by atoms with Crippen molar-refractivity contribution in [2.45, 2.75) is 13.0 Å². The maximum Gasteiger partial charge on any atom is 0.122 e. The van der Waals surface area contributed by atoms with Crippen LogP contribution in [-0.2, 0) is 0 Å². The van der Waals surface area contributed by atoms with Crippen molar-refractivity contribution in [2.24, 2.45) is 0 Å². The number of hydrogen-bond donors (Lipinski definition) is 1. The van der Waals surface area contributed by atoms with E-state index in [0.717, 1.165) is 11.3 Å². The van der Waals surface area contributed by atoms with E-state index in [-0.39, 0.29) is 6.10 Å².